The van der Waals surface area contributed by atoms with Crippen LogP contribution < -0.4 is 20.1 Å². The predicted octanol–water partition coefficient (Wildman–Crippen LogP) is 3.22. The Morgan fingerprint density at radius 1 is 1.07 bits per heavy atom. The van der Waals surface area contributed by atoms with E-state index >= 15 is 0 Å². The molecule has 1 amide bonds. The molecule has 0 bridgehead atoms. The molecule has 148 valence electrons. The van der Waals surface area contributed by atoms with E-state index in [4.69, 9.17) is 9.47 Å². The fourth-order valence-corrected chi connectivity index (χ4v) is 3.50. The topological polar surface area (TPSA) is 90.3 Å². The van der Waals surface area contributed by atoms with Crippen molar-refractivity contribution in [3.63, 3.8) is 0 Å². The average Bonchev–Trinajstić information content (AvgIpc) is 3.21. The summed E-state index contributed by atoms with van der Waals surface area (Å²) in [6, 6.07) is 14.3. The number of hydrogen-bond donors (Lipinski definition) is 2. The van der Waals surface area contributed by atoms with Crippen molar-refractivity contribution in [1.82, 2.24) is 14.8 Å². The van der Waals surface area contributed by atoms with Crippen molar-refractivity contribution in [1.29, 1.82) is 0 Å². The van der Waals surface area contributed by atoms with Gasteiger partial charge in [-0.05, 0) is 25.1 Å². The molecule has 2 aromatic carbocycles. The number of carbonyl (C=O) groups is 1. The number of para-hydroxylation sites is 3. The fraction of sp³-hybridized carbons (Fsp3) is 0.190. The Balaban J connectivity index is 1.80. The number of amides is 1. The minimum Gasteiger partial charge on any atom is -0.496 e. The van der Waals surface area contributed by atoms with Crippen LogP contribution in [0.3, 0.4) is 0 Å². The zero-order chi connectivity index (χ0) is 20.4. The van der Waals surface area contributed by atoms with Gasteiger partial charge in [-0.1, -0.05) is 30.3 Å². The van der Waals surface area contributed by atoms with E-state index in [1.54, 1.807) is 31.0 Å². The highest BCUT2D eigenvalue weighted by Gasteiger charge is 2.35. The van der Waals surface area contributed by atoms with E-state index in [1.165, 1.54) is 6.33 Å². The smallest absolute Gasteiger partial charge is 0.255 e. The Bertz CT molecular complexity index is 1090. The lowest BCUT2D eigenvalue weighted by Crippen LogP contribution is -2.31. The van der Waals surface area contributed by atoms with Crippen LogP contribution in [-0.4, -0.2) is 34.9 Å². The molecule has 0 saturated carbocycles. The SMILES string of the molecule is COc1ccccc1NC(=O)C1=C(C)Nc2ncnn2[C@@H]1c1ccccc1OC. The largest absolute Gasteiger partial charge is 0.496 e. The van der Waals surface area contributed by atoms with Gasteiger partial charge in [0.1, 0.15) is 23.9 Å². The predicted molar refractivity (Wildman–Crippen MR) is 109 cm³/mol. The summed E-state index contributed by atoms with van der Waals surface area (Å²) in [5.41, 5.74) is 2.60. The number of nitrogens with zero attached hydrogens (tertiary/aromatic N) is 3. The summed E-state index contributed by atoms with van der Waals surface area (Å²) in [4.78, 5) is 17.7. The number of carbonyl (C=O) groups excluding carboxylic acids is 1. The van der Waals surface area contributed by atoms with Gasteiger partial charge in [-0.25, -0.2) is 4.68 Å². The molecule has 8 nitrogen and oxygen atoms in total. The molecular formula is C21H21N5O3. The molecule has 1 aliphatic heterocycles. The van der Waals surface area contributed by atoms with Crippen molar-refractivity contribution < 1.29 is 14.3 Å². The molecule has 2 heterocycles. The first kappa shape index (κ1) is 18.5. The van der Waals surface area contributed by atoms with Gasteiger partial charge in [0, 0.05) is 11.3 Å². The number of fused-ring (bicyclic) bond motifs is 1. The summed E-state index contributed by atoms with van der Waals surface area (Å²) >= 11 is 0. The second kappa shape index (κ2) is 7.67. The van der Waals surface area contributed by atoms with Crippen molar-refractivity contribution in [3.05, 3.63) is 71.7 Å². The van der Waals surface area contributed by atoms with Crippen LogP contribution in [0, 0.1) is 0 Å². The van der Waals surface area contributed by atoms with E-state index < -0.39 is 6.04 Å². The third-order valence-electron chi connectivity index (χ3n) is 4.83. The molecule has 29 heavy (non-hydrogen) atoms. The van der Waals surface area contributed by atoms with Crippen LogP contribution in [0.25, 0.3) is 0 Å². The van der Waals surface area contributed by atoms with E-state index in [-0.39, 0.29) is 5.91 Å². The molecule has 0 spiro atoms. The fourth-order valence-electron chi connectivity index (χ4n) is 3.50. The van der Waals surface area contributed by atoms with Crippen molar-refractivity contribution in [3.8, 4) is 11.5 Å². The minimum atomic E-state index is -0.500. The molecule has 0 saturated heterocycles. The standard InChI is InChI=1S/C21H21N5O3/c1-13-18(20(27)25-15-9-5-7-11-17(15)29-3)19(26-21(24-13)22-12-23-26)14-8-4-6-10-16(14)28-2/h4-12,19H,1-3H3,(H,25,27)(H,22,23,24)/t19-/m1/s1. The first-order valence-corrected chi connectivity index (χ1v) is 9.08. The number of allylic oxidation sites excluding steroid dienone is 1. The number of hydrogen-bond acceptors (Lipinski definition) is 6. The maximum atomic E-state index is 13.4. The van der Waals surface area contributed by atoms with Gasteiger partial charge in [0.05, 0.1) is 25.5 Å². The molecule has 1 atom stereocenters. The van der Waals surface area contributed by atoms with Crippen LogP contribution in [0.4, 0.5) is 11.6 Å². The highest BCUT2D eigenvalue weighted by molar-refractivity contribution is 6.06. The first-order valence-electron chi connectivity index (χ1n) is 9.08. The first-order chi connectivity index (χ1) is 14.1. The molecule has 8 heteroatoms. The maximum absolute atomic E-state index is 13.4. The van der Waals surface area contributed by atoms with Gasteiger partial charge in [-0.2, -0.15) is 10.1 Å². The second-order valence-electron chi connectivity index (χ2n) is 6.49. The number of aromatic nitrogens is 3. The summed E-state index contributed by atoms with van der Waals surface area (Å²) in [6.45, 7) is 1.84. The monoisotopic (exact) mass is 391 g/mol. The van der Waals surface area contributed by atoms with Crippen LogP contribution in [0.2, 0.25) is 0 Å². The molecule has 1 aromatic heterocycles. The van der Waals surface area contributed by atoms with E-state index in [2.05, 4.69) is 20.7 Å². The van der Waals surface area contributed by atoms with Crippen LogP contribution >= 0.6 is 0 Å². The Morgan fingerprint density at radius 3 is 2.52 bits per heavy atom. The molecule has 0 fully saturated rings. The summed E-state index contributed by atoms with van der Waals surface area (Å²) in [5.74, 6) is 1.54. The quantitative estimate of drug-likeness (QED) is 0.694. The zero-order valence-corrected chi connectivity index (χ0v) is 16.3. The van der Waals surface area contributed by atoms with E-state index in [9.17, 15) is 4.79 Å². The Morgan fingerprint density at radius 2 is 1.76 bits per heavy atom. The molecule has 0 aliphatic carbocycles. The van der Waals surface area contributed by atoms with E-state index in [0.717, 1.165) is 5.56 Å². The van der Waals surface area contributed by atoms with Crippen LogP contribution in [0.15, 0.2) is 66.1 Å². The number of ether oxygens (including phenoxy) is 2. The number of anilines is 2. The Kier molecular flexibility index (Phi) is 4.90. The third kappa shape index (κ3) is 3.29. The van der Waals surface area contributed by atoms with Crippen LogP contribution in [0.5, 0.6) is 11.5 Å². The highest BCUT2D eigenvalue weighted by atomic mass is 16.5. The number of methoxy groups -OCH3 is 2. The lowest BCUT2D eigenvalue weighted by Gasteiger charge is -2.29. The summed E-state index contributed by atoms with van der Waals surface area (Å²) in [6.07, 6.45) is 1.46. The Hall–Kier alpha value is -3.81. The minimum absolute atomic E-state index is 0.267. The number of nitrogens with one attached hydrogen (secondary N) is 2. The van der Waals surface area contributed by atoms with Gasteiger partial charge in [0.15, 0.2) is 0 Å². The molecule has 4 rings (SSSR count). The molecular weight excluding hydrogens is 370 g/mol. The van der Waals surface area contributed by atoms with Gasteiger partial charge in [0.25, 0.3) is 5.91 Å². The summed E-state index contributed by atoms with van der Waals surface area (Å²) in [7, 11) is 3.17. The molecule has 2 N–H and O–H groups in total. The normalized spacial score (nSPS) is 15.3. The van der Waals surface area contributed by atoms with Crippen molar-refractivity contribution in [2.45, 2.75) is 13.0 Å². The van der Waals surface area contributed by atoms with Crippen LogP contribution in [0.1, 0.15) is 18.5 Å². The molecule has 0 radical (unpaired) electrons. The number of rotatable bonds is 5. The number of benzene rings is 2. The van der Waals surface area contributed by atoms with Gasteiger partial charge in [0.2, 0.25) is 5.95 Å². The lowest BCUT2D eigenvalue weighted by atomic mass is 9.94. The second-order valence-corrected chi connectivity index (χ2v) is 6.49. The van der Waals surface area contributed by atoms with Crippen molar-refractivity contribution in [2.75, 3.05) is 24.9 Å². The van der Waals surface area contributed by atoms with Crippen molar-refractivity contribution in [2.24, 2.45) is 0 Å². The summed E-state index contributed by atoms with van der Waals surface area (Å²) in [5, 5.41) is 10.5. The van der Waals surface area contributed by atoms with Crippen molar-refractivity contribution >= 4 is 17.5 Å². The lowest BCUT2D eigenvalue weighted by molar-refractivity contribution is -0.113. The maximum Gasteiger partial charge on any atom is 0.255 e. The highest BCUT2D eigenvalue weighted by Crippen LogP contribution is 2.39. The molecule has 0 unspecified atom stereocenters. The van der Waals surface area contributed by atoms with Gasteiger partial charge >= 0.3 is 0 Å². The van der Waals surface area contributed by atoms with Gasteiger partial charge in [-0.15, -0.1) is 0 Å². The molecule has 3 aromatic rings. The Labute approximate surface area is 168 Å². The van der Waals surface area contributed by atoms with E-state index in [0.29, 0.717) is 34.4 Å². The zero-order valence-electron chi connectivity index (χ0n) is 16.3. The van der Waals surface area contributed by atoms with Gasteiger partial charge < -0.3 is 20.1 Å². The molecule has 1 aliphatic rings. The van der Waals surface area contributed by atoms with Gasteiger partial charge in [-0.3, -0.25) is 4.79 Å². The summed E-state index contributed by atoms with van der Waals surface area (Å²) < 4.78 is 12.6. The van der Waals surface area contributed by atoms with E-state index in [1.807, 2.05) is 43.3 Å². The average molecular weight is 391 g/mol. The third-order valence-corrected chi connectivity index (χ3v) is 4.83. The van der Waals surface area contributed by atoms with Crippen LogP contribution in [-0.2, 0) is 4.79 Å².